The van der Waals surface area contributed by atoms with E-state index in [-0.39, 0.29) is 18.6 Å². The third-order valence-electron chi connectivity index (χ3n) is 2.87. The zero-order valence-electron chi connectivity index (χ0n) is 8.76. The first-order valence-corrected chi connectivity index (χ1v) is 5.13. The van der Waals surface area contributed by atoms with E-state index in [2.05, 4.69) is 6.07 Å². The number of hydrogen-bond donors (Lipinski definition) is 1. The van der Waals surface area contributed by atoms with Gasteiger partial charge in [-0.2, -0.15) is 5.26 Å². The van der Waals surface area contributed by atoms with Gasteiger partial charge in [0.2, 0.25) is 5.91 Å². The van der Waals surface area contributed by atoms with Crippen molar-refractivity contribution >= 4 is 5.91 Å². The maximum absolute atomic E-state index is 11.4. The lowest BCUT2D eigenvalue weighted by molar-refractivity contribution is -0.130. The number of likely N-dealkylation sites (tertiary alicyclic amines) is 1. The summed E-state index contributed by atoms with van der Waals surface area (Å²) in [6.07, 6.45) is 0.412. The summed E-state index contributed by atoms with van der Waals surface area (Å²) in [5.74, 6) is 0.0582. The minimum Gasteiger partial charge on any atom is -0.376 e. The van der Waals surface area contributed by atoms with Crippen molar-refractivity contribution in [2.75, 3.05) is 13.3 Å². The van der Waals surface area contributed by atoms with Crippen LogP contribution in [0.4, 0.5) is 0 Å². The summed E-state index contributed by atoms with van der Waals surface area (Å²) in [6, 6.07) is 9.36. The molecule has 0 radical (unpaired) electrons. The van der Waals surface area contributed by atoms with Crippen molar-refractivity contribution in [3.05, 3.63) is 35.4 Å². The molecule has 1 aromatic rings. The van der Waals surface area contributed by atoms with Crippen LogP contribution in [0.25, 0.3) is 0 Å². The Morgan fingerprint density at radius 1 is 1.56 bits per heavy atom. The molecule has 4 heteroatoms. The smallest absolute Gasteiger partial charge is 0.225 e. The summed E-state index contributed by atoms with van der Waals surface area (Å²) in [4.78, 5) is 12.9. The molecule has 0 aromatic heterocycles. The highest BCUT2D eigenvalue weighted by Gasteiger charge is 2.29. The Kier molecular flexibility index (Phi) is 2.88. The van der Waals surface area contributed by atoms with Crippen molar-refractivity contribution in [3.63, 3.8) is 0 Å². The molecule has 1 fully saturated rings. The molecular weight excluding hydrogens is 204 g/mol. The van der Waals surface area contributed by atoms with Crippen LogP contribution in [0.1, 0.15) is 23.5 Å². The van der Waals surface area contributed by atoms with E-state index < -0.39 is 0 Å². The van der Waals surface area contributed by atoms with Gasteiger partial charge in [0.05, 0.1) is 11.6 Å². The largest absolute Gasteiger partial charge is 0.376 e. The third-order valence-corrected chi connectivity index (χ3v) is 2.87. The zero-order chi connectivity index (χ0) is 11.5. The number of carbonyl (C=O) groups is 1. The summed E-state index contributed by atoms with van der Waals surface area (Å²) in [5, 5.41) is 17.7. The van der Waals surface area contributed by atoms with E-state index in [1.807, 2.05) is 12.1 Å². The second kappa shape index (κ2) is 4.33. The van der Waals surface area contributed by atoms with Gasteiger partial charge in [0.15, 0.2) is 0 Å². The van der Waals surface area contributed by atoms with E-state index in [1.165, 1.54) is 4.90 Å². The lowest BCUT2D eigenvalue weighted by Gasteiger charge is -2.12. The Labute approximate surface area is 93.7 Å². The fraction of sp³-hybridized carbons (Fsp3) is 0.333. The number of nitriles is 1. The van der Waals surface area contributed by atoms with Crippen LogP contribution in [0.5, 0.6) is 0 Å². The van der Waals surface area contributed by atoms with Crippen molar-refractivity contribution in [1.29, 1.82) is 5.26 Å². The fourth-order valence-electron chi connectivity index (χ4n) is 1.99. The van der Waals surface area contributed by atoms with Gasteiger partial charge in [0.25, 0.3) is 0 Å². The van der Waals surface area contributed by atoms with Gasteiger partial charge in [0.1, 0.15) is 6.73 Å². The van der Waals surface area contributed by atoms with Crippen molar-refractivity contribution in [2.24, 2.45) is 0 Å². The quantitative estimate of drug-likeness (QED) is 0.796. The Morgan fingerprint density at radius 3 is 3.00 bits per heavy atom. The van der Waals surface area contributed by atoms with Crippen molar-refractivity contribution in [1.82, 2.24) is 4.90 Å². The minimum atomic E-state index is -0.229. The van der Waals surface area contributed by atoms with Crippen LogP contribution in [0.15, 0.2) is 24.3 Å². The molecule has 1 amide bonds. The molecule has 1 atom stereocenters. The Balaban J connectivity index is 2.20. The normalized spacial score (nSPS) is 19.9. The van der Waals surface area contributed by atoms with Gasteiger partial charge in [-0.25, -0.2) is 0 Å². The van der Waals surface area contributed by atoms with Crippen LogP contribution in [-0.2, 0) is 4.79 Å². The van der Waals surface area contributed by atoms with E-state index in [1.54, 1.807) is 12.1 Å². The monoisotopic (exact) mass is 216 g/mol. The van der Waals surface area contributed by atoms with Crippen molar-refractivity contribution in [2.45, 2.75) is 12.3 Å². The van der Waals surface area contributed by atoms with Crippen LogP contribution in [0, 0.1) is 11.3 Å². The number of rotatable bonds is 2. The van der Waals surface area contributed by atoms with Gasteiger partial charge in [-0.1, -0.05) is 12.1 Å². The molecule has 0 saturated carbocycles. The van der Waals surface area contributed by atoms with Crippen LogP contribution in [0.3, 0.4) is 0 Å². The SMILES string of the molecule is N#Cc1cccc(C2CC(=O)N(CO)C2)c1. The summed E-state index contributed by atoms with van der Waals surface area (Å²) in [6.45, 7) is 0.303. The lowest BCUT2D eigenvalue weighted by atomic mass is 9.97. The summed E-state index contributed by atoms with van der Waals surface area (Å²) < 4.78 is 0. The fourth-order valence-corrected chi connectivity index (χ4v) is 1.99. The Bertz CT molecular complexity index is 451. The van der Waals surface area contributed by atoms with Gasteiger partial charge < -0.3 is 10.0 Å². The van der Waals surface area contributed by atoms with Crippen molar-refractivity contribution < 1.29 is 9.90 Å². The number of aliphatic hydroxyl groups is 1. The molecule has 0 spiro atoms. The van der Waals surface area contributed by atoms with Crippen LogP contribution < -0.4 is 0 Å². The van der Waals surface area contributed by atoms with Crippen molar-refractivity contribution in [3.8, 4) is 6.07 Å². The molecule has 0 bridgehead atoms. The first kappa shape index (κ1) is 10.7. The predicted molar refractivity (Wildman–Crippen MR) is 57.3 cm³/mol. The highest BCUT2D eigenvalue weighted by atomic mass is 16.3. The molecular formula is C12H12N2O2. The molecule has 1 unspecified atom stereocenters. The van der Waals surface area contributed by atoms with E-state index in [4.69, 9.17) is 10.4 Å². The van der Waals surface area contributed by atoms with E-state index in [9.17, 15) is 4.79 Å². The first-order valence-electron chi connectivity index (χ1n) is 5.13. The standard InChI is InChI=1S/C12H12N2O2/c13-6-9-2-1-3-10(4-9)11-5-12(16)14(7-11)8-15/h1-4,11,15H,5,7-8H2. The summed E-state index contributed by atoms with van der Waals surface area (Å²) in [5.41, 5.74) is 1.59. The molecule has 1 N–H and O–H groups in total. The molecule has 4 nitrogen and oxygen atoms in total. The van der Waals surface area contributed by atoms with Gasteiger partial charge >= 0.3 is 0 Å². The minimum absolute atomic E-state index is 0.0325. The second-order valence-electron chi connectivity index (χ2n) is 3.90. The number of hydrogen-bond acceptors (Lipinski definition) is 3. The molecule has 1 aromatic carbocycles. The average molecular weight is 216 g/mol. The van der Waals surface area contributed by atoms with E-state index >= 15 is 0 Å². The highest BCUT2D eigenvalue weighted by molar-refractivity contribution is 5.79. The number of carbonyl (C=O) groups excluding carboxylic acids is 1. The number of benzene rings is 1. The lowest BCUT2D eigenvalue weighted by Crippen LogP contribution is -2.25. The number of aliphatic hydroxyl groups excluding tert-OH is 1. The van der Waals surface area contributed by atoms with Crippen LogP contribution >= 0.6 is 0 Å². The Morgan fingerprint density at radius 2 is 2.38 bits per heavy atom. The highest BCUT2D eigenvalue weighted by Crippen LogP contribution is 2.28. The number of amides is 1. The van der Waals surface area contributed by atoms with E-state index in [0.29, 0.717) is 18.5 Å². The maximum Gasteiger partial charge on any atom is 0.225 e. The third kappa shape index (κ3) is 1.90. The molecule has 2 rings (SSSR count). The summed E-state index contributed by atoms with van der Waals surface area (Å²) in [7, 11) is 0. The van der Waals surface area contributed by atoms with Gasteiger partial charge in [-0.05, 0) is 17.7 Å². The van der Waals surface area contributed by atoms with Crippen LogP contribution in [-0.4, -0.2) is 29.2 Å². The molecule has 82 valence electrons. The van der Waals surface area contributed by atoms with Gasteiger partial charge in [-0.3, -0.25) is 4.79 Å². The molecule has 1 heterocycles. The average Bonchev–Trinajstić information content (AvgIpc) is 2.71. The number of nitrogens with zero attached hydrogens (tertiary/aromatic N) is 2. The molecule has 0 aliphatic carbocycles. The molecule has 1 aliphatic heterocycles. The molecule has 1 aliphatic rings. The Hall–Kier alpha value is -1.86. The summed E-state index contributed by atoms with van der Waals surface area (Å²) >= 11 is 0. The molecule has 16 heavy (non-hydrogen) atoms. The zero-order valence-corrected chi connectivity index (χ0v) is 8.76. The van der Waals surface area contributed by atoms with Gasteiger partial charge in [-0.15, -0.1) is 0 Å². The first-order chi connectivity index (χ1) is 7.74. The predicted octanol–water partition coefficient (Wildman–Crippen LogP) is 0.824. The topological polar surface area (TPSA) is 64.3 Å². The molecule has 1 saturated heterocycles. The maximum atomic E-state index is 11.4. The second-order valence-corrected chi connectivity index (χ2v) is 3.90. The van der Waals surface area contributed by atoms with E-state index in [0.717, 1.165) is 5.56 Å². The van der Waals surface area contributed by atoms with Gasteiger partial charge in [0, 0.05) is 18.9 Å². The van der Waals surface area contributed by atoms with Crippen LogP contribution in [0.2, 0.25) is 0 Å².